The number of hydrogen-bond acceptors (Lipinski definition) is 8. The number of primary amides is 1. The Balaban J connectivity index is 3.51. The second-order valence-electron chi connectivity index (χ2n) is 9.52. The van der Waals surface area contributed by atoms with Gasteiger partial charge in [0.25, 0.3) is 0 Å². The zero-order valence-electron chi connectivity index (χ0n) is 22.3. The van der Waals surface area contributed by atoms with Crippen molar-refractivity contribution < 1.29 is 38.6 Å². The second kappa shape index (κ2) is 14.2. The molecule has 0 aromatic heterocycles. The topological polar surface area (TPSA) is 177 Å². The number of esters is 1. The van der Waals surface area contributed by atoms with Crippen LogP contribution in [0.3, 0.4) is 0 Å². The van der Waals surface area contributed by atoms with Crippen LogP contribution in [0.4, 0.5) is 4.79 Å². The number of aryl methyl sites for hydroxylation is 2. The number of amides is 4. The lowest BCUT2D eigenvalue weighted by Crippen LogP contribution is -2.54. The predicted octanol–water partition coefficient (Wildman–Crippen LogP) is 0.613. The summed E-state index contributed by atoms with van der Waals surface area (Å²) in [7, 11) is 1.17. The van der Waals surface area contributed by atoms with Gasteiger partial charge in [-0.15, -0.1) is 0 Å². The molecule has 206 valence electrons. The maximum absolute atomic E-state index is 13.8. The molecule has 1 rings (SSSR count). The lowest BCUT2D eigenvalue weighted by Gasteiger charge is -2.34. The summed E-state index contributed by atoms with van der Waals surface area (Å²) in [5, 5.41) is 14.7. The number of carbonyl (C=O) groups is 5. The molecule has 12 heteroatoms. The fourth-order valence-corrected chi connectivity index (χ4v) is 3.50. The van der Waals surface area contributed by atoms with Crippen molar-refractivity contribution in [3.63, 3.8) is 0 Å². The number of methoxy groups -OCH3 is 1. The Morgan fingerprint density at radius 1 is 1.14 bits per heavy atom. The van der Waals surface area contributed by atoms with Crippen LogP contribution in [0.15, 0.2) is 18.2 Å². The van der Waals surface area contributed by atoms with Gasteiger partial charge in [-0.25, -0.2) is 4.79 Å². The highest BCUT2D eigenvalue weighted by Gasteiger charge is 2.37. The minimum Gasteiger partial charge on any atom is -0.468 e. The minimum absolute atomic E-state index is 0.168. The highest BCUT2D eigenvalue weighted by molar-refractivity contribution is 5.93. The van der Waals surface area contributed by atoms with Gasteiger partial charge in [0.2, 0.25) is 17.7 Å². The van der Waals surface area contributed by atoms with Crippen molar-refractivity contribution in [1.82, 2.24) is 15.5 Å². The first kappa shape index (κ1) is 31.4. The summed E-state index contributed by atoms with van der Waals surface area (Å²) >= 11 is 0. The summed E-state index contributed by atoms with van der Waals surface area (Å²) in [6.07, 6.45) is -1.31. The van der Waals surface area contributed by atoms with Gasteiger partial charge < -0.3 is 35.8 Å². The van der Waals surface area contributed by atoms with Crippen LogP contribution in [0.25, 0.3) is 0 Å². The zero-order valence-corrected chi connectivity index (χ0v) is 22.3. The van der Waals surface area contributed by atoms with Gasteiger partial charge in [-0.3, -0.25) is 19.2 Å². The number of alkyl carbamates (subject to hydrolysis) is 1. The Morgan fingerprint density at radius 3 is 2.32 bits per heavy atom. The SMILES string of the molecule is COC(=O)CNC(=O)C(c1cc(C)ccc1C)N(CCO)C(=O)C(CCC(N)=O)NC(=O)OC(C)(C)C. The van der Waals surface area contributed by atoms with Crippen LogP contribution >= 0.6 is 0 Å². The summed E-state index contributed by atoms with van der Waals surface area (Å²) < 4.78 is 9.83. The maximum Gasteiger partial charge on any atom is 0.408 e. The number of aliphatic hydroxyl groups excluding tert-OH is 1. The minimum atomic E-state index is -1.30. The molecular formula is C25H38N4O8. The first-order chi connectivity index (χ1) is 17.2. The molecule has 0 spiro atoms. The van der Waals surface area contributed by atoms with Crippen LogP contribution in [-0.4, -0.2) is 78.2 Å². The number of rotatable bonds is 12. The molecule has 1 aromatic rings. The van der Waals surface area contributed by atoms with Gasteiger partial charge in [0, 0.05) is 13.0 Å². The number of carbonyl (C=O) groups excluding carboxylic acids is 5. The van der Waals surface area contributed by atoms with E-state index < -0.39 is 60.6 Å². The molecule has 4 amide bonds. The highest BCUT2D eigenvalue weighted by atomic mass is 16.6. The van der Waals surface area contributed by atoms with Crippen LogP contribution in [0, 0.1) is 13.8 Å². The van der Waals surface area contributed by atoms with Crippen LogP contribution < -0.4 is 16.4 Å². The average molecular weight is 523 g/mol. The van der Waals surface area contributed by atoms with E-state index in [4.69, 9.17) is 10.5 Å². The molecule has 0 aliphatic heterocycles. The van der Waals surface area contributed by atoms with Crippen molar-refractivity contribution in [3.05, 3.63) is 34.9 Å². The van der Waals surface area contributed by atoms with Crippen molar-refractivity contribution >= 4 is 29.8 Å². The molecule has 2 atom stereocenters. The van der Waals surface area contributed by atoms with Crippen molar-refractivity contribution in [2.45, 2.75) is 65.1 Å². The highest BCUT2D eigenvalue weighted by Crippen LogP contribution is 2.27. The Kier molecular flexibility index (Phi) is 12.0. The van der Waals surface area contributed by atoms with Gasteiger partial charge in [0.1, 0.15) is 24.2 Å². The van der Waals surface area contributed by atoms with E-state index in [-0.39, 0.29) is 19.4 Å². The predicted molar refractivity (Wildman–Crippen MR) is 134 cm³/mol. The standard InChI is InChI=1S/C25H38N4O8/c1-15-7-8-16(2)17(13-15)21(22(33)27-14-20(32)36-6)29(11-12-30)23(34)18(9-10-19(26)31)28-24(35)37-25(3,4)5/h7-8,13,18,21,30H,9-12,14H2,1-6H3,(H2,26,31)(H,27,33)(H,28,35). The maximum atomic E-state index is 13.8. The Morgan fingerprint density at radius 2 is 1.78 bits per heavy atom. The quantitative estimate of drug-likeness (QED) is 0.289. The molecule has 0 saturated carbocycles. The van der Waals surface area contributed by atoms with Gasteiger partial charge >= 0.3 is 12.1 Å². The summed E-state index contributed by atoms with van der Waals surface area (Å²) in [5.74, 6) is -2.84. The van der Waals surface area contributed by atoms with Gasteiger partial charge in [0.15, 0.2) is 0 Å². The molecule has 0 bridgehead atoms. The molecule has 0 fully saturated rings. The molecule has 2 unspecified atom stereocenters. The fraction of sp³-hybridized carbons (Fsp3) is 0.560. The van der Waals surface area contributed by atoms with Gasteiger partial charge in [-0.1, -0.05) is 23.8 Å². The van der Waals surface area contributed by atoms with Crippen molar-refractivity contribution in [3.8, 4) is 0 Å². The average Bonchev–Trinajstić information content (AvgIpc) is 2.80. The third-order valence-electron chi connectivity index (χ3n) is 5.22. The van der Waals surface area contributed by atoms with Crippen LogP contribution in [-0.2, 0) is 28.7 Å². The van der Waals surface area contributed by atoms with E-state index in [1.807, 2.05) is 13.0 Å². The summed E-state index contributed by atoms with van der Waals surface area (Å²) in [5.41, 5.74) is 6.34. The fourth-order valence-electron chi connectivity index (χ4n) is 3.50. The van der Waals surface area contributed by atoms with Crippen molar-refractivity contribution in [2.75, 3.05) is 26.8 Å². The van der Waals surface area contributed by atoms with Gasteiger partial charge in [0.05, 0.1) is 13.7 Å². The summed E-state index contributed by atoms with van der Waals surface area (Å²) in [6, 6.07) is 2.75. The van der Waals surface area contributed by atoms with Gasteiger partial charge in [-0.2, -0.15) is 0 Å². The monoisotopic (exact) mass is 522 g/mol. The molecular weight excluding hydrogens is 484 g/mol. The lowest BCUT2D eigenvalue weighted by molar-refractivity contribution is -0.145. The van der Waals surface area contributed by atoms with E-state index in [1.165, 1.54) is 7.11 Å². The largest absolute Gasteiger partial charge is 0.468 e. The van der Waals surface area contributed by atoms with Crippen LogP contribution in [0.1, 0.15) is 56.3 Å². The number of ether oxygens (including phenoxy) is 2. The number of nitrogens with two attached hydrogens (primary N) is 1. The van der Waals surface area contributed by atoms with E-state index in [9.17, 15) is 29.1 Å². The molecule has 1 aromatic carbocycles. The first-order valence-electron chi connectivity index (χ1n) is 11.8. The zero-order chi connectivity index (χ0) is 28.3. The molecule has 37 heavy (non-hydrogen) atoms. The second-order valence-corrected chi connectivity index (χ2v) is 9.52. The van der Waals surface area contributed by atoms with Crippen LogP contribution in [0.2, 0.25) is 0 Å². The van der Waals surface area contributed by atoms with Crippen molar-refractivity contribution in [1.29, 1.82) is 0 Å². The Hall–Kier alpha value is -3.67. The number of nitrogens with zero attached hydrogens (tertiary/aromatic N) is 1. The number of nitrogens with one attached hydrogen (secondary N) is 2. The normalized spacial score (nSPS) is 12.6. The molecule has 0 aliphatic rings. The van der Waals surface area contributed by atoms with E-state index in [2.05, 4.69) is 15.4 Å². The van der Waals surface area contributed by atoms with E-state index in [0.717, 1.165) is 10.5 Å². The third-order valence-corrected chi connectivity index (χ3v) is 5.22. The number of benzene rings is 1. The Labute approximate surface area is 216 Å². The number of hydrogen-bond donors (Lipinski definition) is 4. The van der Waals surface area contributed by atoms with Gasteiger partial charge in [-0.05, 0) is 52.2 Å². The summed E-state index contributed by atoms with van der Waals surface area (Å²) in [6.45, 7) is 7.26. The molecule has 0 saturated heterocycles. The molecule has 5 N–H and O–H groups in total. The summed E-state index contributed by atoms with van der Waals surface area (Å²) in [4.78, 5) is 63.8. The molecule has 0 aliphatic carbocycles. The third kappa shape index (κ3) is 10.5. The number of aliphatic hydroxyl groups is 1. The van der Waals surface area contributed by atoms with Crippen LogP contribution in [0.5, 0.6) is 0 Å². The lowest BCUT2D eigenvalue weighted by atomic mass is 9.95. The van der Waals surface area contributed by atoms with Crippen molar-refractivity contribution in [2.24, 2.45) is 5.73 Å². The first-order valence-corrected chi connectivity index (χ1v) is 11.8. The molecule has 0 radical (unpaired) electrons. The molecule has 0 heterocycles. The van der Waals surface area contributed by atoms with E-state index >= 15 is 0 Å². The molecule has 12 nitrogen and oxygen atoms in total. The Bertz CT molecular complexity index is 989. The van der Waals surface area contributed by atoms with E-state index in [1.54, 1.807) is 39.8 Å². The smallest absolute Gasteiger partial charge is 0.408 e. The van der Waals surface area contributed by atoms with E-state index in [0.29, 0.717) is 11.1 Å².